The predicted octanol–water partition coefficient (Wildman–Crippen LogP) is 4.08. The Labute approximate surface area is 162 Å². The number of aromatic nitrogens is 2. The van der Waals surface area contributed by atoms with Crippen LogP contribution in [0.15, 0.2) is 28.9 Å². The van der Waals surface area contributed by atoms with Crippen molar-refractivity contribution in [3.05, 3.63) is 40.1 Å². The van der Waals surface area contributed by atoms with Crippen molar-refractivity contribution in [2.75, 3.05) is 5.32 Å². The van der Waals surface area contributed by atoms with E-state index in [2.05, 4.69) is 31.1 Å². The molecule has 0 radical (unpaired) electrons. The van der Waals surface area contributed by atoms with Gasteiger partial charge in [-0.3, -0.25) is 9.48 Å². The Morgan fingerprint density at radius 3 is 2.63 bits per heavy atom. The summed E-state index contributed by atoms with van der Waals surface area (Å²) in [6.07, 6.45) is 1.09. The fourth-order valence-corrected chi connectivity index (χ4v) is 2.52. The molecular weight excluding hydrogens is 428 g/mol. The second-order valence-corrected chi connectivity index (χ2v) is 6.59. The third-order valence-corrected chi connectivity index (χ3v) is 3.77. The van der Waals surface area contributed by atoms with Gasteiger partial charge in [-0.2, -0.15) is 13.9 Å². The quantitative estimate of drug-likeness (QED) is 0.649. The number of carbonyl (C=O) groups excluding carboxylic acids is 2. The fourth-order valence-electron chi connectivity index (χ4n) is 2.16. The molecule has 0 aliphatic rings. The molecule has 0 saturated heterocycles. The van der Waals surface area contributed by atoms with E-state index in [1.807, 2.05) is 0 Å². The van der Waals surface area contributed by atoms with E-state index in [0.717, 1.165) is 0 Å². The van der Waals surface area contributed by atoms with E-state index in [4.69, 9.17) is 4.74 Å². The molecule has 0 fully saturated rings. The van der Waals surface area contributed by atoms with E-state index in [1.54, 1.807) is 20.8 Å². The number of aryl methyl sites for hydroxylation is 1. The van der Waals surface area contributed by atoms with Gasteiger partial charge in [-0.15, -0.1) is 0 Å². The first-order valence-corrected chi connectivity index (χ1v) is 8.84. The summed E-state index contributed by atoms with van der Waals surface area (Å²) in [7, 11) is 0. The molecule has 1 aromatic carbocycles. The normalized spacial score (nSPS) is 11.0. The molecule has 0 unspecified atom stereocenters. The maximum Gasteiger partial charge on any atom is 0.387 e. The van der Waals surface area contributed by atoms with Gasteiger partial charge in [-0.25, -0.2) is 4.79 Å². The van der Waals surface area contributed by atoms with Crippen LogP contribution >= 0.6 is 15.9 Å². The molecule has 27 heavy (non-hydrogen) atoms. The maximum atomic E-state index is 12.6. The van der Waals surface area contributed by atoms with Crippen LogP contribution in [-0.2, 0) is 11.3 Å². The number of nitrogens with one attached hydrogen (secondary N) is 1. The number of esters is 1. The highest BCUT2D eigenvalue weighted by Gasteiger charge is 2.23. The van der Waals surface area contributed by atoms with Crippen LogP contribution in [0.4, 0.5) is 14.5 Å². The lowest BCUT2D eigenvalue weighted by atomic mass is 10.2. The van der Waals surface area contributed by atoms with Gasteiger partial charge in [0.25, 0.3) is 5.91 Å². The van der Waals surface area contributed by atoms with Gasteiger partial charge in [0.1, 0.15) is 5.75 Å². The smallest absolute Gasteiger partial charge is 0.387 e. The van der Waals surface area contributed by atoms with Gasteiger partial charge in [0.15, 0.2) is 5.69 Å². The average Bonchev–Trinajstić information content (AvgIpc) is 2.98. The first-order chi connectivity index (χ1) is 12.7. The molecule has 10 heteroatoms. The summed E-state index contributed by atoms with van der Waals surface area (Å²) < 4.78 is 36.6. The van der Waals surface area contributed by atoms with Gasteiger partial charge in [-0.1, -0.05) is 15.9 Å². The van der Waals surface area contributed by atoms with Gasteiger partial charge in [-0.05, 0) is 39.0 Å². The summed E-state index contributed by atoms with van der Waals surface area (Å²) in [5.74, 6) is -1.73. The van der Waals surface area contributed by atoms with Crippen molar-refractivity contribution in [3.8, 4) is 5.75 Å². The molecule has 1 heterocycles. The zero-order valence-corrected chi connectivity index (χ0v) is 16.4. The molecule has 7 nitrogen and oxygen atoms in total. The van der Waals surface area contributed by atoms with Crippen molar-refractivity contribution in [2.24, 2.45) is 0 Å². The second-order valence-electron chi connectivity index (χ2n) is 5.67. The molecule has 0 saturated carbocycles. The van der Waals surface area contributed by atoms with Crippen molar-refractivity contribution in [3.63, 3.8) is 0 Å². The van der Waals surface area contributed by atoms with Crippen molar-refractivity contribution in [1.29, 1.82) is 0 Å². The number of nitrogens with zero attached hydrogens (tertiary/aromatic N) is 2. The molecule has 1 amide bonds. The summed E-state index contributed by atoms with van der Waals surface area (Å²) in [6, 6.07) is 4.05. The molecule has 0 aliphatic carbocycles. The third-order valence-electron chi connectivity index (χ3n) is 3.27. The number of benzene rings is 1. The van der Waals surface area contributed by atoms with Crippen LogP contribution in [0.5, 0.6) is 5.75 Å². The molecule has 0 aliphatic heterocycles. The van der Waals surface area contributed by atoms with Crippen LogP contribution in [0.2, 0.25) is 0 Å². The zero-order valence-electron chi connectivity index (χ0n) is 14.8. The molecule has 1 aromatic heterocycles. The Morgan fingerprint density at radius 1 is 1.33 bits per heavy atom. The lowest BCUT2D eigenvalue weighted by Gasteiger charge is -2.12. The van der Waals surface area contributed by atoms with Crippen molar-refractivity contribution < 1.29 is 27.8 Å². The first-order valence-electron chi connectivity index (χ1n) is 8.05. The average molecular weight is 446 g/mol. The van der Waals surface area contributed by atoms with Gasteiger partial charge in [0.05, 0.1) is 17.4 Å². The largest absolute Gasteiger partial charge is 0.458 e. The number of rotatable bonds is 7. The van der Waals surface area contributed by atoms with Crippen molar-refractivity contribution >= 4 is 33.5 Å². The van der Waals surface area contributed by atoms with Crippen LogP contribution in [0, 0.1) is 0 Å². The molecule has 2 aromatic rings. The number of hydrogen-bond donors (Lipinski definition) is 1. The number of anilines is 1. The lowest BCUT2D eigenvalue weighted by molar-refractivity contribution is -0.0501. The van der Waals surface area contributed by atoms with Crippen molar-refractivity contribution in [2.45, 2.75) is 40.0 Å². The van der Waals surface area contributed by atoms with E-state index in [9.17, 15) is 18.4 Å². The highest BCUT2D eigenvalue weighted by atomic mass is 79.9. The van der Waals surface area contributed by atoms with Gasteiger partial charge < -0.3 is 14.8 Å². The number of halogens is 3. The zero-order chi connectivity index (χ0) is 20.1. The molecule has 0 atom stereocenters. The topological polar surface area (TPSA) is 82.5 Å². The minimum Gasteiger partial charge on any atom is -0.458 e. The van der Waals surface area contributed by atoms with Gasteiger partial charge >= 0.3 is 12.6 Å². The van der Waals surface area contributed by atoms with Crippen molar-refractivity contribution in [1.82, 2.24) is 9.78 Å². The summed E-state index contributed by atoms with van der Waals surface area (Å²) >= 11 is 3.18. The van der Waals surface area contributed by atoms with Crippen LogP contribution in [0.25, 0.3) is 0 Å². The Balaban J connectivity index is 2.34. The fraction of sp³-hybridized carbons (Fsp3) is 0.353. The number of hydrogen-bond acceptors (Lipinski definition) is 5. The number of amides is 1. The predicted molar refractivity (Wildman–Crippen MR) is 97.2 cm³/mol. The van der Waals surface area contributed by atoms with E-state index in [1.165, 1.54) is 29.1 Å². The van der Waals surface area contributed by atoms with Crippen LogP contribution in [0.1, 0.15) is 41.6 Å². The minimum absolute atomic E-state index is 0.0785. The van der Waals surface area contributed by atoms with Crippen LogP contribution < -0.4 is 10.1 Å². The molecule has 0 spiro atoms. The maximum absolute atomic E-state index is 12.6. The lowest BCUT2D eigenvalue weighted by Crippen LogP contribution is -2.18. The molecule has 0 bridgehead atoms. The number of carbonyl (C=O) groups is 2. The molecule has 1 N–H and O–H groups in total. The van der Waals surface area contributed by atoms with E-state index < -0.39 is 18.5 Å². The standard InChI is InChI=1S/C17H18BrF2N3O4/c1-4-23-8-12(14(22-23)16(25)26-9(2)3)21-15(24)11-7-10(18)5-6-13(11)27-17(19)20/h5-9,17H,4H2,1-3H3,(H,21,24). The van der Waals surface area contributed by atoms with Crippen LogP contribution in [0.3, 0.4) is 0 Å². The third kappa shape index (κ3) is 5.49. The van der Waals surface area contributed by atoms with E-state index >= 15 is 0 Å². The summed E-state index contributed by atoms with van der Waals surface area (Å²) in [5, 5.41) is 6.59. The van der Waals surface area contributed by atoms with Gasteiger partial charge in [0.2, 0.25) is 0 Å². The van der Waals surface area contributed by atoms with Crippen LogP contribution in [-0.4, -0.2) is 34.4 Å². The Kier molecular flexibility index (Phi) is 6.89. The van der Waals surface area contributed by atoms with E-state index in [0.29, 0.717) is 11.0 Å². The second kappa shape index (κ2) is 8.94. The Bertz CT molecular complexity index is 840. The summed E-state index contributed by atoms with van der Waals surface area (Å²) in [6.45, 7) is 2.54. The Hall–Kier alpha value is -2.49. The molecule has 2 rings (SSSR count). The highest BCUT2D eigenvalue weighted by Crippen LogP contribution is 2.26. The summed E-state index contributed by atoms with van der Waals surface area (Å²) in [5.41, 5.74) is -0.0993. The first kappa shape index (κ1) is 20.8. The van der Waals surface area contributed by atoms with Gasteiger partial charge in [0, 0.05) is 17.2 Å². The molecule has 146 valence electrons. The highest BCUT2D eigenvalue weighted by molar-refractivity contribution is 9.10. The SMILES string of the molecule is CCn1cc(NC(=O)c2cc(Br)ccc2OC(F)F)c(C(=O)OC(C)C)n1. The minimum atomic E-state index is -3.09. The summed E-state index contributed by atoms with van der Waals surface area (Å²) in [4.78, 5) is 24.8. The monoisotopic (exact) mass is 445 g/mol. The Morgan fingerprint density at radius 2 is 2.04 bits per heavy atom. The van der Waals surface area contributed by atoms with E-state index in [-0.39, 0.29) is 28.8 Å². The molecular formula is C17H18BrF2N3O4. The number of ether oxygens (including phenoxy) is 2. The number of alkyl halides is 2.